The van der Waals surface area contributed by atoms with Gasteiger partial charge in [0.25, 0.3) is 0 Å². The molecule has 1 aliphatic heterocycles. The molecule has 5 heteroatoms. The second-order valence-corrected chi connectivity index (χ2v) is 6.39. The van der Waals surface area contributed by atoms with Gasteiger partial charge in [-0.3, -0.25) is 0 Å². The molecule has 0 aromatic heterocycles. The van der Waals surface area contributed by atoms with E-state index in [1.807, 2.05) is 18.2 Å². The SMILES string of the molecule is Cc1ccc(OC[C@@H](O)C[NH+]2CC[NH+](CCO)CC2)cc1C. The van der Waals surface area contributed by atoms with Gasteiger partial charge in [-0.2, -0.15) is 0 Å². The molecule has 0 bridgehead atoms. The van der Waals surface area contributed by atoms with Gasteiger partial charge in [-0.1, -0.05) is 6.07 Å². The van der Waals surface area contributed by atoms with Crippen molar-refractivity contribution in [2.75, 3.05) is 52.5 Å². The maximum Gasteiger partial charge on any atom is 0.137 e. The molecule has 1 aliphatic rings. The van der Waals surface area contributed by atoms with Gasteiger partial charge in [0, 0.05) is 0 Å². The van der Waals surface area contributed by atoms with Crippen molar-refractivity contribution in [3.05, 3.63) is 29.3 Å². The van der Waals surface area contributed by atoms with Crippen molar-refractivity contribution in [2.24, 2.45) is 0 Å². The van der Waals surface area contributed by atoms with Crippen molar-refractivity contribution in [1.82, 2.24) is 0 Å². The maximum absolute atomic E-state index is 10.2. The zero-order valence-corrected chi connectivity index (χ0v) is 13.8. The van der Waals surface area contributed by atoms with Gasteiger partial charge in [0.1, 0.15) is 57.7 Å². The van der Waals surface area contributed by atoms with Crippen LogP contribution >= 0.6 is 0 Å². The molecule has 1 saturated heterocycles. The van der Waals surface area contributed by atoms with E-state index in [0.29, 0.717) is 6.61 Å². The Morgan fingerprint density at radius 1 is 1.09 bits per heavy atom. The molecular formula is C17H30N2O3+2. The number of aliphatic hydroxyl groups is 2. The first-order valence-corrected chi connectivity index (χ1v) is 8.24. The molecule has 1 fully saturated rings. The molecule has 0 aliphatic carbocycles. The van der Waals surface area contributed by atoms with Crippen LogP contribution in [0.2, 0.25) is 0 Å². The smallest absolute Gasteiger partial charge is 0.137 e. The quantitative estimate of drug-likeness (QED) is 0.463. The number of benzene rings is 1. The van der Waals surface area contributed by atoms with E-state index in [2.05, 4.69) is 13.8 Å². The molecule has 2 rings (SSSR count). The Morgan fingerprint density at radius 2 is 1.77 bits per heavy atom. The fourth-order valence-electron chi connectivity index (χ4n) is 2.96. The maximum atomic E-state index is 10.2. The Bertz CT molecular complexity index is 459. The molecule has 1 heterocycles. The van der Waals surface area contributed by atoms with Crippen LogP contribution in [0, 0.1) is 13.8 Å². The summed E-state index contributed by atoms with van der Waals surface area (Å²) >= 11 is 0. The molecule has 0 radical (unpaired) electrons. The van der Waals surface area contributed by atoms with Crippen molar-refractivity contribution in [3.8, 4) is 5.75 Å². The summed E-state index contributed by atoms with van der Waals surface area (Å²) in [5.41, 5.74) is 2.46. The summed E-state index contributed by atoms with van der Waals surface area (Å²) in [6, 6.07) is 6.02. The molecule has 0 spiro atoms. The van der Waals surface area contributed by atoms with Crippen LogP contribution < -0.4 is 14.5 Å². The van der Waals surface area contributed by atoms with Crippen LogP contribution in [-0.2, 0) is 0 Å². The Morgan fingerprint density at radius 3 is 2.41 bits per heavy atom. The van der Waals surface area contributed by atoms with E-state index in [1.165, 1.54) is 20.9 Å². The molecular weight excluding hydrogens is 280 g/mol. The number of aryl methyl sites for hydroxylation is 2. The van der Waals surface area contributed by atoms with Crippen molar-refractivity contribution < 1.29 is 24.7 Å². The minimum absolute atomic E-state index is 0.261. The van der Waals surface area contributed by atoms with Gasteiger partial charge in [0.05, 0.1) is 6.61 Å². The first-order valence-electron chi connectivity index (χ1n) is 8.24. The minimum Gasteiger partial charge on any atom is -0.491 e. The highest BCUT2D eigenvalue weighted by atomic mass is 16.5. The number of hydrogen-bond donors (Lipinski definition) is 4. The van der Waals surface area contributed by atoms with Crippen molar-refractivity contribution >= 4 is 0 Å². The van der Waals surface area contributed by atoms with Gasteiger partial charge in [-0.05, 0) is 37.1 Å². The van der Waals surface area contributed by atoms with E-state index < -0.39 is 6.10 Å². The Balaban J connectivity index is 1.69. The molecule has 1 atom stereocenters. The average molecular weight is 310 g/mol. The molecule has 0 amide bonds. The van der Waals surface area contributed by atoms with Crippen molar-refractivity contribution in [2.45, 2.75) is 20.0 Å². The summed E-state index contributed by atoms with van der Waals surface area (Å²) in [6.45, 7) is 10.6. The molecule has 1 aromatic rings. The monoisotopic (exact) mass is 310 g/mol. The lowest BCUT2D eigenvalue weighted by atomic mass is 10.1. The Kier molecular flexibility index (Phi) is 6.64. The highest BCUT2D eigenvalue weighted by molar-refractivity contribution is 5.33. The molecule has 4 N–H and O–H groups in total. The molecule has 0 saturated carbocycles. The lowest BCUT2D eigenvalue weighted by molar-refractivity contribution is -1.01. The van der Waals surface area contributed by atoms with Gasteiger partial charge in [-0.25, -0.2) is 0 Å². The van der Waals surface area contributed by atoms with Crippen LogP contribution in [0.4, 0.5) is 0 Å². The predicted molar refractivity (Wildman–Crippen MR) is 85.6 cm³/mol. The number of ether oxygens (including phenoxy) is 1. The number of nitrogens with one attached hydrogen (secondary N) is 2. The van der Waals surface area contributed by atoms with E-state index in [4.69, 9.17) is 9.84 Å². The molecule has 124 valence electrons. The zero-order chi connectivity index (χ0) is 15.9. The third-order valence-electron chi connectivity index (χ3n) is 4.57. The third-order valence-corrected chi connectivity index (χ3v) is 4.57. The van der Waals surface area contributed by atoms with Crippen molar-refractivity contribution in [3.63, 3.8) is 0 Å². The molecule has 22 heavy (non-hydrogen) atoms. The van der Waals surface area contributed by atoms with E-state index in [1.54, 1.807) is 0 Å². The molecule has 1 aromatic carbocycles. The lowest BCUT2D eigenvalue weighted by Gasteiger charge is -2.30. The second kappa shape index (κ2) is 8.48. The van der Waals surface area contributed by atoms with Crippen LogP contribution in [0.3, 0.4) is 0 Å². The number of piperazine rings is 1. The van der Waals surface area contributed by atoms with E-state index in [-0.39, 0.29) is 6.61 Å². The Labute approximate surface area is 133 Å². The van der Waals surface area contributed by atoms with Gasteiger partial charge in [0.2, 0.25) is 0 Å². The van der Waals surface area contributed by atoms with Gasteiger partial charge >= 0.3 is 0 Å². The summed E-state index contributed by atoms with van der Waals surface area (Å²) in [5.74, 6) is 0.828. The number of quaternary nitrogens is 2. The van der Waals surface area contributed by atoms with Gasteiger partial charge in [0.15, 0.2) is 0 Å². The van der Waals surface area contributed by atoms with E-state index >= 15 is 0 Å². The molecule has 0 unspecified atom stereocenters. The number of hydrogen-bond acceptors (Lipinski definition) is 3. The fourth-order valence-corrected chi connectivity index (χ4v) is 2.96. The summed E-state index contributed by atoms with van der Waals surface area (Å²) in [6.07, 6.45) is -0.434. The largest absolute Gasteiger partial charge is 0.491 e. The topological polar surface area (TPSA) is 58.6 Å². The average Bonchev–Trinajstić information content (AvgIpc) is 2.51. The summed E-state index contributed by atoms with van der Waals surface area (Å²) in [4.78, 5) is 2.89. The van der Waals surface area contributed by atoms with Gasteiger partial charge < -0.3 is 24.7 Å². The fraction of sp³-hybridized carbons (Fsp3) is 0.647. The minimum atomic E-state index is -0.434. The molecule has 5 nitrogen and oxygen atoms in total. The number of aliphatic hydroxyl groups excluding tert-OH is 2. The van der Waals surface area contributed by atoms with E-state index in [9.17, 15) is 5.11 Å². The van der Waals surface area contributed by atoms with Crippen molar-refractivity contribution in [1.29, 1.82) is 0 Å². The normalized spacial score (nSPS) is 23.3. The third kappa shape index (κ3) is 5.25. The predicted octanol–water partition coefficient (Wildman–Crippen LogP) is -2.18. The van der Waals surface area contributed by atoms with Crippen LogP contribution in [0.15, 0.2) is 18.2 Å². The Hall–Kier alpha value is -1.14. The van der Waals surface area contributed by atoms with Gasteiger partial charge in [-0.15, -0.1) is 0 Å². The van der Waals surface area contributed by atoms with E-state index in [0.717, 1.165) is 45.0 Å². The number of rotatable bonds is 7. The summed E-state index contributed by atoms with van der Waals surface area (Å²) in [7, 11) is 0. The summed E-state index contributed by atoms with van der Waals surface area (Å²) in [5, 5.41) is 19.1. The zero-order valence-electron chi connectivity index (χ0n) is 13.8. The first kappa shape index (κ1) is 17.2. The van der Waals surface area contributed by atoms with Crippen LogP contribution in [0.25, 0.3) is 0 Å². The second-order valence-electron chi connectivity index (χ2n) is 6.39. The first-order chi connectivity index (χ1) is 10.6. The van der Waals surface area contributed by atoms with Crippen LogP contribution in [0.5, 0.6) is 5.75 Å². The van der Waals surface area contributed by atoms with Crippen LogP contribution in [0.1, 0.15) is 11.1 Å². The highest BCUT2D eigenvalue weighted by Crippen LogP contribution is 2.16. The summed E-state index contributed by atoms with van der Waals surface area (Å²) < 4.78 is 5.70. The van der Waals surface area contributed by atoms with Crippen LogP contribution in [-0.4, -0.2) is 68.8 Å². The lowest BCUT2D eigenvalue weighted by Crippen LogP contribution is -3.28. The highest BCUT2D eigenvalue weighted by Gasteiger charge is 2.24. The standard InChI is InChI=1S/C17H28N2O3/c1-14-3-4-17(11-15(14)2)22-13-16(21)12-19-7-5-18(6-8-19)9-10-20/h3-4,11,16,20-21H,5-10,12-13H2,1-2H3/p+2/t16-/m0/s1.